The maximum absolute atomic E-state index is 13.1. The van der Waals surface area contributed by atoms with E-state index in [1.165, 1.54) is 30.6 Å². The van der Waals surface area contributed by atoms with Gasteiger partial charge in [-0.05, 0) is 28.1 Å². The number of hydrogen-bond donors (Lipinski definition) is 2. The summed E-state index contributed by atoms with van der Waals surface area (Å²) in [6.07, 6.45) is 2.73. The van der Waals surface area contributed by atoms with Crippen molar-refractivity contribution in [2.24, 2.45) is 10.9 Å². The van der Waals surface area contributed by atoms with E-state index in [0.717, 1.165) is 0 Å². The summed E-state index contributed by atoms with van der Waals surface area (Å²) >= 11 is 3.22. The zero-order valence-electron chi connectivity index (χ0n) is 9.42. The Balaban J connectivity index is 2.41. The van der Waals surface area contributed by atoms with Gasteiger partial charge >= 0.3 is 0 Å². The minimum absolute atomic E-state index is 0.00380. The third-order valence-electron chi connectivity index (χ3n) is 2.11. The second-order valence-electron chi connectivity index (χ2n) is 3.37. The molecule has 0 aliphatic carbocycles. The van der Waals surface area contributed by atoms with Gasteiger partial charge in [0.25, 0.3) is 0 Å². The highest BCUT2D eigenvalue weighted by Crippen LogP contribution is 2.30. The van der Waals surface area contributed by atoms with E-state index in [-0.39, 0.29) is 23.2 Å². The molecule has 98 valence electrons. The summed E-state index contributed by atoms with van der Waals surface area (Å²) in [6, 6.07) is 3.94. The lowest BCUT2D eigenvalue weighted by molar-refractivity contribution is 0.318. The molecular weight excluding hydrogens is 319 g/mol. The predicted molar refractivity (Wildman–Crippen MR) is 68.7 cm³/mol. The molecule has 2 rings (SSSR count). The van der Waals surface area contributed by atoms with Crippen molar-refractivity contribution in [1.82, 2.24) is 9.97 Å². The molecule has 0 saturated heterocycles. The van der Waals surface area contributed by atoms with Crippen molar-refractivity contribution >= 4 is 21.8 Å². The number of nitrogens with two attached hydrogens (primary N) is 1. The van der Waals surface area contributed by atoms with Crippen LogP contribution < -0.4 is 10.5 Å². The van der Waals surface area contributed by atoms with Gasteiger partial charge in [0.05, 0.1) is 4.47 Å². The van der Waals surface area contributed by atoms with Crippen LogP contribution in [0.15, 0.2) is 40.2 Å². The molecule has 19 heavy (non-hydrogen) atoms. The zero-order valence-corrected chi connectivity index (χ0v) is 11.0. The number of oxime groups is 1. The van der Waals surface area contributed by atoms with Crippen LogP contribution in [0.25, 0.3) is 0 Å². The van der Waals surface area contributed by atoms with Crippen LogP contribution >= 0.6 is 15.9 Å². The number of benzene rings is 1. The van der Waals surface area contributed by atoms with Crippen molar-refractivity contribution in [3.8, 4) is 11.6 Å². The SMILES string of the molecule is N/C(=N/O)c1nccnc1Oc1cc(F)ccc1Br. The molecule has 1 aromatic carbocycles. The number of aromatic nitrogens is 2. The van der Waals surface area contributed by atoms with Gasteiger partial charge in [0.2, 0.25) is 5.88 Å². The van der Waals surface area contributed by atoms with Crippen LogP contribution in [0, 0.1) is 5.82 Å². The first-order chi connectivity index (χ1) is 9.11. The van der Waals surface area contributed by atoms with Gasteiger partial charge in [-0.15, -0.1) is 0 Å². The van der Waals surface area contributed by atoms with Crippen LogP contribution in [0.4, 0.5) is 4.39 Å². The molecule has 0 spiro atoms. The summed E-state index contributed by atoms with van der Waals surface area (Å²) in [7, 11) is 0. The average Bonchev–Trinajstić information content (AvgIpc) is 2.42. The van der Waals surface area contributed by atoms with E-state index in [1.807, 2.05) is 0 Å². The fourth-order valence-electron chi connectivity index (χ4n) is 1.28. The van der Waals surface area contributed by atoms with Crippen molar-refractivity contribution in [2.45, 2.75) is 0 Å². The summed E-state index contributed by atoms with van der Waals surface area (Å²) in [5.74, 6) is -0.514. The number of ether oxygens (including phenoxy) is 1. The Labute approximate surface area is 115 Å². The predicted octanol–water partition coefficient (Wildman–Crippen LogP) is 2.26. The Bertz CT molecular complexity index is 636. The Morgan fingerprint density at radius 3 is 2.84 bits per heavy atom. The monoisotopic (exact) mass is 326 g/mol. The van der Waals surface area contributed by atoms with E-state index >= 15 is 0 Å². The van der Waals surface area contributed by atoms with Gasteiger partial charge in [-0.2, -0.15) is 0 Å². The van der Waals surface area contributed by atoms with Crippen LogP contribution in [0.5, 0.6) is 11.6 Å². The quantitative estimate of drug-likeness (QED) is 0.390. The van der Waals surface area contributed by atoms with Crippen LogP contribution in [0.3, 0.4) is 0 Å². The van der Waals surface area contributed by atoms with E-state index in [0.29, 0.717) is 4.47 Å². The van der Waals surface area contributed by atoms with Gasteiger partial charge in [-0.25, -0.2) is 14.4 Å². The fraction of sp³-hybridized carbons (Fsp3) is 0. The number of halogens is 2. The molecule has 0 unspecified atom stereocenters. The lowest BCUT2D eigenvalue weighted by atomic mass is 10.3. The van der Waals surface area contributed by atoms with Gasteiger partial charge in [0.1, 0.15) is 11.6 Å². The first-order valence-corrected chi connectivity index (χ1v) is 5.83. The lowest BCUT2D eigenvalue weighted by Gasteiger charge is -2.09. The Morgan fingerprint density at radius 2 is 2.11 bits per heavy atom. The van der Waals surface area contributed by atoms with Crippen LogP contribution in [0.2, 0.25) is 0 Å². The fourth-order valence-corrected chi connectivity index (χ4v) is 1.61. The molecule has 0 aliphatic rings. The molecule has 1 aromatic heterocycles. The largest absolute Gasteiger partial charge is 0.436 e. The number of amidine groups is 1. The molecular formula is C11H8BrFN4O2. The van der Waals surface area contributed by atoms with Gasteiger partial charge in [-0.1, -0.05) is 5.16 Å². The maximum atomic E-state index is 13.1. The highest BCUT2D eigenvalue weighted by Gasteiger charge is 2.14. The number of nitrogens with zero attached hydrogens (tertiary/aromatic N) is 3. The number of rotatable bonds is 3. The van der Waals surface area contributed by atoms with Gasteiger partial charge in [0.15, 0.2) is 11.5 Å². The maximum Gasteiger partial charge on any atom is 0.249 e. The molecule has 3 N–H and O–H groups in total. The molecule has 0 bridgehead atoms. The topological polar surface area (TPSA) is 93.6 Å². The van der Waals surface area contributed by atoms with Gasteiger partial charge in [-0.3, -0.25) is 0 Å². The first kappa shape index (κ1) is 13.2. The molecule has 0 atom stereocenters. The van der Waals surface area contributed by atoms with E-state index in [9.17, 15) is 4.39 Å². The van der Waals surface area contributed by atoms with Gasteiger partial charge in [0, 0.05) is 18.5 Å². The zero-order chi connectivity index (χ0) is 13.8. The molecule has 0 radical (unpaired) electrons. The van der Waals surface area contributed by atoms with Crippen LogP contribution in [0.1, 0.15) is 5.69 Å². The Kier molecular flexibility index (Phi) is 3.91. The molecule has 0 aliphatic heterocycles. The number of hydrogen-bond acceptors (Lipinski definition) is 5. The van der Waals surface area contributed by atoms with Gasteiger partial charge < -0.3 is 15.7 Å². The summed E-state index contributed by atoms with van der Waals surface area (Å²) in [5, 5.41) is 11.5. The second-order valence-corrected chi connectivity index (χ2v) is 4.23. The Hall–Kier alpha value is -2.22. The third-order valence-corrected chi connectivity index (χ3v) is 2.77. The van der Waals surface area contributed by atoms with E-state index in [1.54, 1.807) is 0 Å². The molecule has 8 heteroatoms. The van der Waals surface area contributed by atoms with Crippen molar-refractivity contribution in [1.29, 1.82) is 0 Å². The van der Waals surface area contributed by atoms with E-state index in [2.05, 4.69) is 31.1 Å². The minimum atomic E-state index is -0.465. The van der Waals surface area contributed by atoms with Crippen LogP contribution in [-0.4, -0.2) is 21.0 Å². The molecule has 0 amide bonds. The van der Waals surface area contributed by atoms with E-state index < -0.39 is 5.82 Å². The normalized spacial score (nSPS) is 11.4. The van der Waals surface area contributed by atoms with Crippen molar-refractivity contribution in [3.05, 3.63) is 46.6 Å². The lowest BCUT2D eigenvalue weighted by Crippen LogP contribution is -2.16. The highest BCUT2D eigenvalue weighted by atomic mass is 79.9. The average molecular weight is 327 g/mol. The first-order valence-electron chi connectivity index (χ1n) is 5.03. The van der Waals surface area contributed by atoms with Crippen LogP contribution in [-0.2, 0) is 0 Å². The van der Waals surface area contributed by atoms with Crippen molar-refractivity contribution in [2.75, 3.05) is 0 Å². The van der Waals surface area contributed by atoms with E-state index in [4.69, 9.17) is 15.7 Å². The summed E-state index contributed by atoms with van der Waals surface area (Å²) < 4.78 is 19.1. The molecule has 2 aromatic rings. The minimum Gasteiger partial charge on any atom is -0.436 e. The molecule has 6 nitrogen and oxygen atoms in total. The molecule has 0 fully saturated rings. The summed E-state index contributed by atoms with van der Waals surface area (Å²) in [4.78, 5) is 7.80. The summed E-state index contributed by atoms with van der Waals surface area (Å²) in [5.41, 5.74) is 5.51. The highest BCUT2D eigenvalue weighted by molar-refractivity contribution is 9.10. The van der Waals surface area contributed by atoms with Crippen molar-refractivity contribution in [3.63, 3.8) is 0 Å². The smallest absolute Gasteiger partial charge is 0.249 e. The standard InChI is InChI=1S/C11H8BrFN4O2/c12-7-2-1-6(13)5-8(7)19-11-9(10(14)17-18)15-3-4-16-11/h1-5,18H,(H2,14,17). The summed E-state index contributed by atoms with van der Waals surface area (Å²) in [6.45, 7) is 0. The third kappa shape index (κ3) is 2.97. The Morgan fingerprint density at radius 1 is 1.37 bits per heavy atom. The van der Waals surface area contributed by atoms with Crippen molar-refractivity contribution < 1.29 is 14.3 Å². The second kappa shape index (κ2) is 5.61. The molecule has 1 heterocycles. The molecule has 0 saturated carbocycles.